The molecule has 1 saturated heterocycles. The molecule has 0 aromatic heterocycles. The Morgan fingerprint density at radius 3 is 2.37 bits per heavy atom. The number of aryl methyl sites for hydroxylation is 2. The zero-order chi connectivity index (χ0) is 13.8. The smallest absolute Gasteiger partial charge is 0.0649 e. The lowest BCUT2D eigenvalue weighted by atomic mass is 9.97. The maximum Gasteiger partial charge on any atom is 0.0649 e. The fourth-order valence-corrected chi connectivity index (χ4v) is 3.12. The standard InChI is InChI=1S/C16H26N2O/c1-4-13-7-6-8-14(5-2)16(13)18-12(3)9-17-10-15(18)11-19/h6-8,12,15,17,19H,4-5,9-11H2,1-3H3. The monoisotopic (exact) mass is 262 g/mol. The van der Waals surface area contributed by atoms with E-state index in [0.717, 1.165) is 25.9 Å². The minimum atomic E-state index is 0.182. The molecule has 1 aliphatic rings. The highest BCUT2D eigenvalue weighted by atomic mass is 16.3. The van der Waals surface area contributed by atoms with E-state index in [1.54, 1.807) is 0 Å². The van der Waals surface area contributed by atoms with Crippen LogP contribution in [0.1, 0.15) is 31.9 Å². The first-order valence-electron chi connectivity index (χ1n) is 7.43. The zero-order valence-electron chi connectivity index (χ0n) is 12.3. The number of nitrogens with zero attached hydrogens (tertiary/aromatic N) is 1. The third kappa shape index (κ3) is 2.77. The Kier molecular flexibility index (Phi) is 4.83. The van der Waals surface area contributed by atoms with Gasteiger partial charge in [-0.3, -0.25) is 0 Å². The van der Waals surface area contributed by atoms with Crippen molar-refractivity contribution in [2.24, 2.45) is 0 Å². The number of hydrogen-bond acceptors (Lipinski definition) is 3. The van der Waals surface area contributed by atoms with E-state index < -0.39 is 0 Å². The van der Waals surface area contributed by atoms with Crippen molar-refractivity contribution >= 4 is 5.69 Å². The molecule has 0 radical (unpaired) electrons. The summed E-state index contributed by atoms with van der Waals surface area (Å²) in [5, 5.41) is 13.1. The van der Waals surface area contributed by atoms with Gasteiger partial charge < -0.3 is 15.3 Å². The Hall–Kier alpha value is -1.06. The maximum atomic E-state index is 9.69. The van der Waals surface area contributed by atoms with Crippen LogP contribution in [0.4, 0.5) is 5.69 Å². The summed E-state index contributed by atoms with van der Waals surface area (Å²) in [5.41, 5.74) is 4.15. The molecule has 0 spiro atoms. The Bertz CT molecular complexity index is 397. The molecule has 1 aromatic carbocycles. The highest BCUT2D eigenvalue weighted by Gasteiger charge is 2.29. The summed E-state index contributed by atoms with van der Waals surface area (Å²) in [4.78, 5) is 2.44. The van der Waals surface area contributed by atoms with Crippen LogP contribution in [0.3, 0.4) is 0 Å². The van der Waals surface area contributed by atoms with Crippen molar-refractivity contribution < 1.29 is 5.11 Å². The Morgan fingerprint density at radius 2 is 1.84 bits per heavy atom. The summed E-state index contributed by atoms with van der Waals surface area (Å²) < 4.78 is 0. The summed E-state index contributed by atoms with van der Waals surface area (Å²) in [6, 6.07) is 7.20. The molecule has 1 fully saturated rings. The second kappa shape index (κ2) is 6.40. The highest BCUT2D eigenvalue weighted by Crippen LogP contribution is 2.31. The van der Waals surface area contributed by atoms with Gasteiger partial charge in [0.2, 0.25) is 0 Å². The predicted molar refractivity (Wildman–Crippen MR) is 80.9 cm³/mol. The average Bonchev–Trinajstić information content (AvgIpc) is 2.46. The van der Waals surface area contributed by atoms with Crippen LogP contribution in [0.25, 0.3) is 0 Å². The topological polar surface area (TPSA) is 35.5 Å². The van der Waals surface area contributed by atoms with Gasteiger partial charge in [0, 0.05) is 24.8 Å². The molecule has 19 heavy (non-hydrogen) atoms. The van der Waals surface area contributed by atoms with E-state index in [1.165, 1.54) is 16.8 Å². The maximum absolute atomic E-state index is 9.69. The molecule has 1 aliphatic heterocycles. The van der Waals surface area contributed by atoms with E-state index in [0.29, 0.717) is 6.04 Å². The molecule has 2 atom stereocenters. The van der Waals surface area contributed by atoms with Crippen LogP contribution in [0.2, 0.25) is 0 Å². The number of hydrogen-bond donors (Lipinski definition) is 2. The molecule has 1 heterocycles. The van der Waals surface area contributed by atoms with E-state index >= 15 is 0 Å². The van der Waals surface area contributed by atoms with Crippen LogP contribution < -0.4 is 10.2 Å². The van der Waals surface area contributed by atoms with Crippen LogP contribution in [0, 0.1) is 0 Å². The summed E-state index contributed by atoms with van der Waals surface area (Å²) in [5.74, 6) is 0. The average molecular weight is 262 g/mol. The van der Waals surface area contributed by atoms with Crippen molar-refractivity contribution in [3.63, 3.8) is 0 Å². The molecule has 3 heteroatoms. The van der Waals surface area contributed by atoms with Gasteiger partial charge in [0.1, 0.15) is 0 Å². The number of aliphatic hydroxyl groups is 1. The quantitative estimate of drug-likeness (QED) is 0.871. The van der Waals surface area contributed by atoms with Crippen molar-refractivity contribution in [2.75, 3.05) is 24.6 Å². The van der Waals surface area contributed by atoms with Crippen molar-refractivity contribution in [1.82, 2.24) is 5.32 Å². The highest BCUT2D eigenvalue weighted by molar-refractivity contribution is 5.61. The van der Waals surface area contributed by atoms with Gasteiger partial charge in [-0.2, -0.15) is 0 Å². The van der Waals surface area contributed by atoms with Gasteiger partial charge >= 0.3 is 0 Å². The summed E-state index contributed by atoms with van der Waals surface area (Å²) in [6.07, 6.45) is 2.08. The number of aliphatic hydroxyl groups excluding tert-OH is 1. The molecule has 3 nitrogen and oxygen atoms in total. The molecular weight excluding hydrogens is 236 g/mol. The first-order chi connectivity index (χ1) is 9.22. The summed E-state index contributed by atoms with van der Waals surface area (Å²) in [7, 11) is 0. The van der Waals surface area contributed by atoms with Crippen LogP contribution in [0.15, 0.2) is 18.2 Å². The van der Waals surface area contributed by atoms with E-state index in [2.05, 4.69) is 49.2 Å². The van der Waals surface area contributed by atoms with E-state index in [-0.39, 0.29) is 12.6 Å². The third-order valence-electron chi connectivity index (χ3n) is 4.12. The first-order valence-corrected chi connectivity index (χ1v) is 7.43. The predicted octanol–water partition coefficient (Wildman–Crippen LogP) is 1.97. The fourth-order valence-electron chi connectivity index (χ4n) is 3.12. The molecule has 106 valence electrons. The van der Waals surface area contributed by atoms with Crippen LogP contribution >= 0.6 is 0 Å². The van der Waals surface area contributed by atoms with Crippen LogP contribution in [0.5, 0.6) is 0 Å². The van der Waals surface area contributed by atoms with Crippen molar-refractivity contribution in [3.05, 3.63) is 29.3 Å². The van der Waals surface area contributed by atoms with Crippen molar-refractivity contribution in [1.29, 1.82) is 0 Å². The minimum absolute atomic E-state index is 0.182. The largest absolute Gasteiger partial charge is 0.394 e. The fraction of sp³-hybridized carbons (Fsp3) is 0.625. The van der Waals surface area contributed by atoms with Gasteiger partial charge in [0.15, 0.2) is 0 Å². The Balaban J connectivity index is 2.47. The third-order valence-corrected chi connectivity index (χ3v) is 4.12. The van der Waals surface area contributed by atoms with Gasteiger partial charge in [-0.1, -0.05) is 32.0 Å². The molecule has 2 unspecified atom stereocenters. The second-order valence-electron chi connectivity index (χ2n) is 5.38. The summed E-state index contributed by atoms with van der Waals surface area (Å²) in [6.45, 7) is 8.71. The Morgan fingerprint density at radius 1 is 1.21 bits per heavy atom. The molecule has 0 bridgehead atoms. The molecular formula is C16H26N2O. The van der Waals surface area contributed by atoms with E-state index in [4.69, 9.17) is 0 Å². The lowest BCUT2D eigenvalue weighted by Gasteiger charge is -2.44. The van der Waals surface area contributed by atoms with Gasteiger partial charge in [-0.15, -0.1) is 0 Å². The number of para-hydroxylation sites is 1. The second-order valence-corrected chi connectivity index (χ2v) is 5.38. The minimum Gasteiger partial charge on any atom is -0.394 e. The molecule has 0 amide bonds. The number of rotatable bonds is 4. The lowest BCUT2D eigenvalue weighted by Crippen LogP contribution is -2.58. The number of benzene rings is 1. The molecule has 0 saturated carbocycles. The SMILES string of the molecule is CCc1cccc(CC)c1N1C(C)CNCC1CO. The number of nitrogens with one attached hydrogen (secondary N) is 1. The van der Waals surface area contributed by atoms with Gasteiger partial charge in [0.05, 0.1) is 12.6 Å². The molecule has 2 N–H and O–H groups in total. The molecule has 2 rings (SSSR count). The van der Waals surface area contributed by atoms with Gasteiger partial charge in [-0.05, 0) is 30.9 Å². The van der Waals surface area contributed by atoms with Gasteiger partial charge in [-0.25, -0.2) is 0 Å². The van der Waals surface area contributed by atoms with E-state index in [1.807, 2.05) is 0 Å². The van der Waals surface area contributed by atoms with E-state index in [9.17, 15) is 5.11 Å². The Labute approximate surface area is 116 Å². The molecule has 0 aliphatic carbocycles. The van der Waals surface area contributed by atoms with Crippen molar-refractivity contribution in [2.45, 2.75) is 45.7 Å². The van der Waals surface area contributed by atoms with Gasteiger partial charge in [0.25, 0.3) is 0 Å². The van der Waals surface area contributed by atoms with Crippen LogP contribution in [-0.2, 0) is 12.8 Å². The number of piperazine rings is 1. The number of anilines is 1. The normalized spacial score (nSPS) is 23.7. The summed E-state index contributed by atoms with van der Waals surface area (Å²) >= 11 is 0. The first kappa shape index (κ1) is 14.4. The van der Waals surface area contributed by atoms with Crippen molar-refractivity contribution in [3.8, 4) is 0 Å². The molecule has 1 aromatic rings. The lowest BCUT2D eigenvalue weighted by molar-refractivity contribution is 0.235. The van der Waals surface area contributed by atoms with Crippen LogP contribution in [-0.4, -0.2) is 36.9 Å². The zero-order valence-corrected chi connectivity index (χ0v) is 12.3.